The number of ether oxygens (including phenoxy) is 1. The highest BCUT2D eigenvalue weighted by molar-refractivity contribution is 5.29. The third kappa shape index (κ3) is 7.37. The molecule has 0 saturated heterocycles. The summed E-state index contributed by atoms with van der Waals surface area (Å²) < 4.78 is 42.6. The molecule has 0 aliphatic rings. The van der Waals surface area contributed by atoms with Gasteiger partial charge >= 0.3 is 6.18 Å². The van der Waals surface area contributed by atoms with Gasteiger partial charge in [0.25, 0.3) is 0 Å². The van der Waals surface area contributed by atoms with Crippen molar-refractivity contribution in [3.05, 3.63) is 29.8 Å². The van der Waals surface area contributed by atoms with Crippen LogP contribution in [0.5, 0.6) is 5.75 Å². The molecule has 1 N–H and O–H groups in total. The molecule has 0 spiro atoms. The largest absolute Gasteiger partial charge is 0.494 e. The molecule has 1 rings (SSSR count). The second-order valence-corrected chi connectivity index (χ2v) is 5.04. The van der Waals surface area contributed by atoms with Gasteiger partial charge in [-0.15, -0.1) is 0 Å². The number of benzene rings is 1. The molecular weight excluding hydrogens is 279 g/mol. The summed E-state index contributed by atoms with van der Waals surface area (Å²) in [6.45, 7) is 5.29. The lowest BCUT2D eigenvalue weighted by atomic mass is 10.0. The van der Waals surface area contributed by atoms with Crippen molar-refractivity contribution in [1.82, 2.24) is 5.32 Å². The molecule has 0 heterocycles. The molecule has 0 aliphatic heterocycles. The highest BCUT2D eigenvalue weighted by Crippen LogP contribution is 2.28. The van der Waals surface area contributed by atoms with Crippen molar-refractivity contribution in [3.63, 3.8) is 0 Å². The molecule has 5 heteroatoms. The predicted molar refractivity (Wildman–Crippen MR) is 78.6 cm³/mol. The van der Waals surface area contributed by atoms with Crippen LogP contribution in [0.4, 0.5) is 13.2 Å². The van der Waals surface area contributed by atoms with Gasteiger partial charge in [0, 0.05) is 12.5 Å². The summed E-state index contributed by atoms with van der Waals surface area (Å²) in [5, 5.41) is 3.10. The molecule has 120 valence electrons. The van der Waals surface area contributed by atoms with Gasteiger partial charge in [-0.05, 0) is 37.1 Å². The van der Waals surface area contributed by atoms with E-state index in [9.17, 15) is 13.2 Å². The zero-order chi connectivity index (χ0) is 15.7. The molecule has 21 heavy (non-hydrogen) atoms. The number of rotatable bonds is 9. The monoisotopic (exact) mass is 303 g/mol. The van der Waals surface area contributed by atoms with Gasteiger partial charge in [-0.3, -0.25) is 0 Å². The van der Waals surface area contributed by atoms with Crippen molar-refractivity contribution in [3.8, 4) is 5.75 Å². The van der Waals surface area contributed by atoms with Gasteiger partial charge < -0.3 is 10.1 Å². The van der Waals surface area contributed by atoms with Crippen molar-refractivity contribution in [2.24, 2.45) is 0 Å². The fraction of sp³-hybridized carbons (Fsp3) is 0.625. The van der Waals surface area contributed by atoms with Crippen molar-refractivity contribution in [1.29, 1.82) is 0 Å². The summed E-state index contributed by atoms with van der Waals surface area (Å²) in [7, 11) is 0. The van der Waals surface area contributed by atoms with Crippen LogP contribution in [0.1, 0.15) is 51.1 Å². The molecule has 1 atom stereocenters. The minimum atomic E-state index is -4.11. The standard InChI is InChI=1S/C16H24F3NO/c1-3-5-12-21-14-8-6-13(7-9-14)15(20-4-2)10-11-16(17,18)19/h6-9,15,20H,3-5,10-12H2,1-2H3. The zero-order valence-electron chi connectivity index (χ0n) is 12.7. The Labute approximate surface area is 124 Å². The summed E-state index contributed by atoms with van der Waals surface area (Å²) >= 11 is 0. The van der Waals surface area contributed by atoms with Crippen molar-refractivity contribution < 1.29 is 17.9 Å². The van der Waals surface area contributed by atoms with Gasteiger partial charge in [-0.25, -0.2) is 0 Å². The maximum Gasteiger partial charge on any atom is 0.389 e. The van der Waals surface area contributed by atoms with E-state index in [1.165, 1.54) is 0 Å². The molecular formula is C16H24F3NO. The van der Waals surface area contributed by atoms with Gasteiger partial charge in [-0.2, -0.15) is 13.2 Å². The van der Waals surface area contributed by atoms with Gasteiger partial charge in [-0.1, -0.05) is 32.4 Å². The minimum absolute atomic E-state index is 0.0490. The Morgan fingerprint density at radius 2 is 1.81 bits per heavy atom. The SMILES string of the molecule is CCCCOc1ccc(C(CCC(F)(F)F)NCC)cc1. The molecule has 0 bridgehead atoms. The number of hydrogen-bond donors (Lipinski definition) is 1. The Morgan fingerprint density at radius 1 is 1.14 bits per heavy atom. The fourth-order valence-electron chi connectivity index (χ4n) is 2.07. The molecule has 0 aliphatic carbocycles. The smallest absolute Gasteiger partial charge is 0.389 e. The third-order valence-corrected chi connectivity index (χ3v) is 3.22. The molecule has 1 aromatic carbocycles. The molecule has 0 radical (unpaired) electrons. The van der Waals surface area contributed by atoms with Gasteiger partial charge in [0.05, 0.1) is 6.61 Å². The topological polar surface area (TPSA) is 21.3 Å². The van der Waals surface area contributed by atoms with Crippen LogP contribution in [-0.2, 0) is 0 Å². The summed E-state index contributed by atoms with van der Waals surface area (Å²) in [4.78, 5) is 0. The minimum Gasteiger partial charge on any atom is -0.494 e. The number of hydrogen-bond acceptors (Lipinski definition) is 2. The van der Waals surface area contributed by atoms with Gasteiger partial charge in [0.2, 0.25) is 0 Å². The quantitative estimate of drug-likeness (QED) is 0.658. The molecule has 0 saturated carbocycles. The lowest BCUT2D eigenvalue weighted by Gasteiger charge is -2.19. The Balaban J connectivity index is 2.61. The van der Waals surface area contributed by atoms with Gasteiger partial charge in [0.15, 0.2) is 0 Å². The highest BCUT2D eigenvalue weighted by Gasteiger charge is 2.28. The summed E-state index contributed by atoms with van der Waals surface area (Å²) in [6.07, 6.45) is -2.78. The Morgan fingerprint density at radius 3 is 2.33 bits per heavy atom. The van der Waals surface area contributed by atoms with Crippen LogP contribution < -0.4 is 10.1 Å². The normalized spacial score (nSPS) is 13.2. The number of nitrogens with one attached hydrogen (secondary N) is 1. The Bertz CT molecular complexity index is 390. The van der Waals surface area contributed by atoms with Crippen molar-refractivity contribution in [2.75, 3.05) is 13.2 Å². The van der Waals surface area contributed by atoms with Gasteiger partial charge in [0.1, 0.15) is 5.75 Å². The van der Waals surface area contributed by atoms with E-state index in [0.29, 0.717) is 13.2 Å². The summed E-state index contributed by atoms with van der Waals surface area (Å²) in [5.74, 6) is 0.762. The summed E-state index contributed by atoms with van der Waals surface area (Å²) in [6, 6.07) is 7.04. The number of unbranched alkanes of at least 4 members (excludes halogenated alkanes) is 1. The fourth-order valence-corrected chi connectivity index (χ4v) is 2.07. The van der Waals surface area contributed by atoms with Crippen molar-refractivity contribution >= 4 is 0 Å². The zero-order valence-corrected chi connectivity index (χ0v) is 12.7. The molecule has 0 aromatic heterocycles. The van der Waals surface area contributed by atoms with E-state index in [-0.39, 0.29) is 12.5 Å². The van der Waals surface area contributed by atoms with Crippen LogP contribution in [0, 0.1) is 0 Å². The number of alkyl halides is 3. The molecule has 1 aromatic rings. The highest BCUT2D eigenvalue weighted by atomic mass is 19.4. The average Bonchev–Trinajstić information content (AvgIpc) is 2.44. The maximum absolute atomic E-state index is 12.4. The van der Waals surface area contributed by atoms with Crippen LogP contribution in [0.2, 0.25) is 0 Å². The van der Waals surface area contributed by atoms with E-state index in [2.05, 4.69) is 12.2 Å². The molecule has 0 fully saturated rings. The van der Waals surface area contributed by atoms with Crippen molar-refractivity contribution in [2.45, 2.75) is 51.7 Å². The average molecular weight is 303 g/mol. The van der Waals surface area contributed by atoms with E-state index < -0.39 is 12.6 Å². The van der Waals surface area contributed by atoms with E-state index in [1.54, 1.807) is 0 Å². The first kappa shape index (κ1) is 17.8. The third-order valence-electron chi connectivity index (χ3n) is 3.22. The molecule has 1 unspecified atom stereocenters. The Hall–Kier alpha value is -1.23. The van der Waals surface area contributed by atoms with Crippen LogP contribution >= 0.6 is 0 Å². The summed E-state index contributed by atoms with van der Waals surface area (Å²) in [5.41, 5.74) is 0.865. The second-order valence-electron chi connectivity index (χ2n) is 5.04. The van der Waals surface area contributed by atoms with Crippen LogP contribution in [-0.4, -0.2) is 19.3 Å². The maximum atomic E-state index is 12.4. The van der Waals surface area contributed by atoms with E-state index in [1.807, 2.05) is 31.2 Å². The second kappa shape index (κ2) is 8.93. The van der Waals surface area contributed by atoms with E-state index in [4.69, 9.17) is 4.74 Å². The van der Waals surface area contributed by atoms with Crippen LogP contribution in [0.25, 0.3) is 0 Å². The van der Waals surface area contributed by atoms with E-state index >= 15 is 0 Å². The lowest BCUT2D eigenvalue weighted by molar-refractivity contribution is -0.136. The molecule has 2 nitrogen and oxygen atoms in total. The first-order valence-corrected chi connectivity index (χ1v) is 7.49. The Kier molecular flexibility index (Phi) is 7.57. The lowest BCUT2D eigenvalue weighted by Crippen LogP contribution is -2.23. The molecule has 0 amide bonds. The van der Waals surface area contributed by atoms with Crippen LogP contribution in [0.3, 0.4) is 0 Å². The van der Waals surface area contributed by atoms with Crippen LogP contribution in [0.15, 0.2) is 24.3 Å². The predicted octanol–water partition coefficient (Wildman–Crippen LogP) is 4.86. The number of halogens is 3. The first-order valence-electron chi connectivity index (χ1n) is 7.49. The first-order chi connectivity index (χ1) is 9.96. The van der Waals surface area contributed by atoms with E-state index in [0.717, 1.165) is 24.2 Å².